The normalized spacial score (nSPS) is 35.9. The van der Waals surface area contributed by atoms with Crippen LogP contribution in [0.5, 0.6) is 0 Å². The number of nitrogens with zero attached hydrogens (tertiary/aromatic N) is 2. The summed E-state index contributed by atoms with van der Waals surface area (Å²) < 4.78 is 58.9. The van der Waals surface area contributed by atoms with Crippen LogP contribution in [0.3, 0.4) is 0 Å². The average molecular weight is 291 g/mol. The van der Waals surface area contributed by atoms with Gasteiger partial charge in [0.15, 0.2) is 0 Å². The van der Waals surface area contributed by atoms with Gasteiger partial charge in [-0.2, -0.15) is 21.6 Å². The van der Waals surface area contributed by atoms with Crippen LogP contribution in [-0.4, -0.2) is 73.7 Å². The van der Waals surface area contributed by atoms with Crippen molar-refractivity contribution in [3.63, 3.8) is 0 Å². The van der Waals surface area contributed by atoms with E-state index in [4.69, 9.17) is 13.0 Å². The molecule has 3 rings (SSSR count). The van der Waals surface area contributed by atoms with Gasteiger partial charge in [-0.25, -0.2) is 0 Å². The van der Waals surface area contributed by atoms with Crippen molar-refractivity contribution in [2.75, 3.05) is 39.8 Å². The molecule has 3 aliphatic rings. The zero-order valence-corrected chi connectivity index (χ0v) is 11.1. The highest BCUT2D eigenvalue weighted by Crippen LogP contribution is 2.22. The van der Waals surface area contributed by atoms with Gasteiger partial charge in [0.2, 0.25) is 0 Å². The molecule has 0 amide bonds. The minimum Gasteiger partial charge on any atom is -0.321 e. The Kier molecular flexibility index (Phi) is 4.31. The van der Waals surface area contributed by atoms with Crippen molar-refractivity contribution in [1.82, 2.24) is 4.90 Å². The van der Waals surface area contributed by atoms with E-state index < -0.39 is 15.6 Å². The lowest BCUT2D eigenvalue weighted by atomic mass is 10.1. The van der Waals surface area contributed by atoms with Crippen molar-refractivity contribution in [2.24, 2.45) is 0 Å². The third kappa shape index (κ3) is 3.56. The number of halogens is 3. The Balaban J connectivity index is 0.000000187. The Morgan fingerprint density at radius 2 is 1.67 bits per heavy atom. The predicted molar refractivity (Wildman–Crippen MR) is 59.4 cm³/mol. The Morgan fingerprint density at radius 3 is 1.83 bits per heavy atom. The first-order valence-electron chi connectivity index (χ1n) is 5.56. The van der Waals surface area contributed by atoms with Gasteiger partial charge in [-0.05, 0) is 6.92 Å². The molecule has 3 heterocycles. The minimum absolute atomic E-state index is 0.877. The molecular weight excluding hydrogens is 273 g/mol. The van der Waals surface area contributed by atoms with E-state index in [9.17, 15) is 13.2 Å². The second kappa shape index (κ2) is 4.95. The van der Waals surface area contributed by atoms with Gasteiger partial charge >= 0.3 is 15.6 Å². The van der Waals surface area contributed by atoms with E-state index in [0.717, 1.165) is 6.04 Å². The Hall–Kier alpha value is -0.380. The molecule has 1 unspecified atom stereocenters. The molecule has 108 valence electrons. The molecule has 0 spiro atoms. The predicted octanol–water partition coefficient (Wildman–Crippen LogP) is 0.545. The lowest BCUT2D eigenvalue weighted by Gasteiger charge is -2.52. The van der Waals surface area contributed by atoms with Gasteiger partial charge in [0.25, 0.3) is 0 Å². The lowest BCUT2D eigenvalue weighted by Crippen LogP contribution is -2.69. The number of quaternary nitrogens is 1. The van der Waals surface area contributed by atoms with Crippen LogP contribution in [-0.2, 0) is 10.1 Å². The fourth-order valence-corrected chi connectivity index (χ4v) is 2.16. The second-order valence-electron chi connectivity index (χ2n) is 5.00. The summed E-state index contributed by atoms with van der Waals surface area (Å²) in [6.07, 6.45) is 0. The summed E-state index contributed by atoms with van der Waals surface area (Å²) in [7, 11) is -3.44. The van der Waals surface area contributed by atoms with Crippen molar-refractivity contribution < 1.29 is 30.6 Å². The molecule has 0 aliphatic carbocycles. The summed E-state index contributed by atoms with van der Waals surface area (Å²) in [6.45, 7) is 9.13. The number of alkyl halides is 3. The van der Waals surface area contributed by atoms with Gasteiger partial charge in [0.05, 0.1) is 32.7 Å². The Bertz CT molecular complexity index is 388. The van der Waals surface area contributed by atoms with Crippen LogP contribution in [0.15, 0.2) is 0 Å². The standard InChI is InChI=1S/C8H17N2.CHF3O3S/c1-8-7-9-3-5-10(8,2)6-4-9;2-1(3,4)8(5,6)7/h8H,3-7H2,1-2H3;(H,5,6,7)/q+1;. The van der Waals surface area contributed by atoms with Gasteiger partial charge in [-0.1, -0.05) is 0 Å². The highest BCUT2D eigenvalue weighted by Gasteiger charge is 2.44. The quantitative estimate of drug-likeness (QED) is 0.402. The van der Waals surface area contributed by atoms with Crippen LogP contribution in [0, 0.1) is 0 Å². The largest absolute Gasteiger partial charge is 0.522 e. The molecule has 3 fully saturated rings. The van der Waals surface area contributed by atoms with Crippen LogP contribution in [0.4, 0.5) is 13.2 Å². The maximum Gasteiger partial charge on any atom is 0.522 e. The van der Waals surface area contributed by atoms with Gasteiger partial charge in [-0.3, -0.25) is 9.45 Å². The molecule has 0 aromatic carbocycles. The second-order valence-corrected chi connectivity index (χ2v) is 6.41. The smallest absolute Gasteiger partial charge is 0.321 e. The molecule has 9 heteroatoms. The van der Waals surface area contributed by atoms with Crippen LogP contribution in [0.25, 0.3) is 0 Å². The molecule has 3 aliphatic heterocycles. The summed E-state index contributed by atoms with van der Waals surface area (Å²) in [5.41, 5.74) is -5.53. The van der Waals surface area contributed by atoms with Gasteiger partial charge in [0.1, 0.15) is 0 Å². The van der Waals surface area contributed by atoms with Gasteiger partial charge in [-0.15, -0.1) is 0 Å². The van der Waals surface area contributed by atoms with Crippen molar-refractivity contribution in [1.29, 1.82) is 0 Å². The van der Waals surface area contributed by atoms with E-state index >= 15 is 0 Å². The van der Waals surface area contributed by atoms with Crippen molar-refractivity contribution in [3.8, 4) is 0 Å². The zero-order chi connectivity index (χ0) is 14.2. The summed E-state index contributed by atoms with van der Waals surface area (Å²) in [5.74, 6) is 0. The minimum atomic E-state index is -5.84. The molecule has 0 aromatic heterocycles. The van der Waals surface area contributed by atoms with E-state index in [0.29, 0.717) is 0 Å². The first-order valence-corrected chi connectivity index (χ1v) is 7.00. The van der Waals surface area contributed by atoms with E-state index in [2.05, 4.69) is 18.9 Å². The van der Waals surface area contributed by atoms with Gasteiger partial charge in [0, 0.05) is 13.1 Å². The highest BCUT2D eigenvalue weighted by molar-refractivity contribution is 7.86. The van der Waals surface area contributed by atoms with Crippen LogP contribution >= 0.6 is 0 Å². The monoisotopic (exact) mass is 291 g/mol. The number of likely N-dealkylation sites (N-methyl/N-ethyl adjacent to an activating group) is 1. The maximum atomic E-state index is 10.7. The molecule has 0 saturated carbocycles. The van der Waals surface area contributed by atoms with E-state index in [1.54, 1.807) is 0 Å². The number of fused-ring (bicyclic) bond motifs is 3. The molecule has 5 nitrogen and oxygen atoms in total. The average Bonchev–Trinajstić information content (AvgIpc) is 2.18. The van der Waals surface area contributed by atoms with Crippen molar-refractivity contribution >= 4 is 10.1 Å². The molecular formula is C9H18F3N2O3S+. The van der Waals surface area contributed by atoms with Gasteiger partial charge < -0.3 is 4.48 Å². The Labute approximate surface area is 105 Å². The van der Waals surface area contributed by atoms with E-state index in [1.807, 2.05) is 0 Å². The van der Waals surface area contributed by atoms with Crippen LogP contribution in [0.1, 0.15) is 6.92 Å². The summed E-state index contributed by atoms with van der Waals surface area (Å²) in [4.78, 5) is 2.59. The number of rotatable bonds is 0. The Morgan fingerprint density at radius 1 is 1.28 bits per heavy atom. The number of hydrogen-bond acceptors (Lipinski definition) is 3. The van der Waals surface area contributed by atoms with E-state index in [1.165, 1.54) is 37.2 Å². The van der Waals surface area contributed by atoms with Crippen molar-refractivity contribution in [3.05, 3.63) is 0 Å². The fraction of sp³-hybridized carbons (Fsp3) is 1.00. The number of piperazine rings is 3. The molecule has 1 N–H and O–H groups in total. The SMILES string of the molecule is CC1CN2CC[N+]1(C)CC2.O=S(=O)(O)C(F)(F)F. The zero-order valence-electron chi connectivity index (χ0n) is 10.3. The van der Waals surface area contributed by atoms with Crippen molar-refractivity contribution in [2.45, 2.75) is 18.5 Å². The molecule has 3 saturated heterocycles. The summed E-state index contributed by atoms with van der Waals surface area (Å²) in [5, 5.41) is 0. The van der Waals surface area contributed by atoms with E-state index in [-0.39, 0.29) is 0 Å². The third-order valence-corrected chi connectivity index (χ3v) is 4.32. The maximum absolute atomic E-state index is 10.7. The first-order chi connectivity index (χ1) is 7.96. The van der Waals surface area contributed by atoms with Crippen LogP contribution < -0.4 is 0 Å². The fourth-order valence-electron chi connectivity index (χ4n) is 2.16. The van der Waals surface area contributed by atoms with Crippen LogP contribution in [0.2, 0.25) is 0 Å². The summed E-state index contributed by atoms with van der Waals surface area (Å²) >= 11 is 0. The number of hydrogen-bond donors (Lipinski definition) is 1. The first kappa shape index (κ1) is 15.7. The molecule has 2 bridgehead atoms. The third-order valence-electron chi connectivity index (χ3n) is 3.73. The topological polar surface area (TPSA) is 57.6 Å². The molecule has 18 heavy (non-hydrogen) atoms. The summed E-state index contributed by atoms with van der Waals surface area (Å²) in [6, 6.07) is 0.877. The molecule has 0 radical (unpaired) electrons. The molecule has 1 atom stereocenters. The lowest BCUT2D eigenvalue weighted by molar-refractivity contribution is -0.945. The highest BCUT2D eigenvalue weighted by atomic mass is 32.2. The molecule has 0 aromatic rings.